The molecule has 1 fully saturated rings. The van der Waals surface area contributed by atoms with Gasteiger partial charge in [-0.3, -0.25) is 9.78 Å². The van der Waals surface area contributed by atoms with Crippen molar-refractivity contribution < 1.29 is 14.3 Å². The summed E-state index contributed by atoms with van der Waals surface area (Å²) < 4.78 is 5.17. The van der Waals surface area contributed by atoms with Gasteiger partial charge in [0.05, 0.1) is 5.75 Å². The van der Waals surface area contributed by atoms with Crippen LogP contribution in [0.1, 0.15) is 31.7 Å². The second kappa shape index (κ2) is 7.00. The van der Waals surface area contributed by atoms with Gasteiger partial charge in [-0.1, -0.05) is 6.07 Å². The molecular formula is C15H21N3O3S. The van der Waals surface area contributed by atoms with Gasteiger partial charge in [0.1, 0.15) is 11.0 Å². The first-order chi connectivity index (χ1) is 10.4. The van der Waals surface area contributed by atoms with Crippen molar-refractivity contribution in [3.05, 3.63) is 30.1 Å². The van der Waals surface area contributed by atoms with Crippen molar-refractivity contribution >= 4 is 23.8 Å². The average molecular weight is 323 g/mol. The Morgan fingerprint density at radius 3 is 2.95 bits per heavy atom. The van der Waals surface area contributed by atoms with Gasteiger partial charge in [0.25, 0.3) is 0 Å². The van der Waals surface area contributed by atoms with Gasteiger partial charge in [0.15, 0.2) is 0 Å². The highest BCUT2D eigenvalue weighted by Gasteiger charge is 2.32. The minimum atomic E-state index is -0.526. The van der Waals surface area contributed by atoms with E-state index < -0.39 is 11.7 Å². The zero-order valence-corrected chi connectivity index (χ0v) is 13.9. The molecule has 1 aliphatic heterocycles. The third kappa shape index (κ3) is 4.62. The predicted molar refractivity (Wildman–Crippen MR) is 85.4 cm³/mol. The maximum absolute atomic E-state index is 12.0. The first kappa shape index (κ1) is 16.6. The van der Waals surface area contributed by atoms with E-state index in [0.717, 1.165) is 5.56 Å². The SMILES string of the molecule is CC(C)(C)OC(=O)NCCN1C(=O)CSC1c1cccnc1. The van der Waals surface area contributed by atoms with Crippen LogP contribution in [-0.2, 0) is 9.53 Å². The number of carbonyl (C=O) groups excluding carboxylic acids is 2. The molecule has 0 aromatic carbocycles. The van der Waals surface area contributed by atoms with Crippen LogP contribution in [0, 0.1) is 0 Å². The molecule has 0 bridgehead atoms. The number of nitrogens with one attached hydrogen (secondary N) is 1. The summed E-state index contributed by atoms with van der Waals surface area (Å²) in [6, 6.07) is 3.81. The summed E-state index contributed by atoms with van der Waals surface area (Å²) in [4.78, 5) is 29.5. The number of ether oxygens (including phenoxy) is 1. The summed E-state index contributed by atoms with van der Waals surface area (Å²) in [6.45, 7) is 6.24. The van der Waals surface area contributed by atoms with Crippen LogP contribution in [0.25, 0.3) is 0 Å². The van der Waals surface area contributed by atoms with Gasteiger partial charge in [-0.25, -0.2) is 4.79 Å². The maximum atomic E-state index is 12.0. The minimum absolute atomic E-state index is 0.0402. The van der Waals surface area contributed by atoms with E-state index in [1.54, 1.807) is 29.1 Å². The predicted octanol–water partition coefficient (Wildman–Crippen LogP) is 2.18. The van der Waals surface area contributed by atoms with Crippen LogP contribution in [0.4, 0.5) is 4.79 Å². The fourth-order valence-electron chi connectivity index (χ4n) is 2.09. The molecule has 1 aromatic rings. The summed E-state index contributed by atoms with van der Waals surface area (Å²) in [5.41, 5.74) is 0.470. The average Bonchev–Trinajstić information content (AvgIpc) is 2.79. The Morgan fingerprint density at radius 1 is 1.55 bits per heavy atom. The smallest absolute Gasteiger partial charge is 0.407 e. The normalized spacial score (nSPS) is 18.4. The Kier molecular flexibility index (Phi) is 5.28. The largest absolute Gasteiger partial charge is 0.444 e. The zero-order valence-electron chi connectivity index (χ0n) is 13.0. The lowest BCUT2D eigenvalue weighted by atomic mass is 10.2. The highest BCUT2D eigenvalue weighted by molar-refractivity contribution is 8.00. The lowest BCUT2D eigenvalue weighted by molar-refractivity contribution is -0.128. The molecule has 1 aromatic heterocycles. The lowest BCUT2D eigenvalue weighted by Crippen LogP contribution is -2.39. The van der Waals surface area contributed by atoms with Crippen LogP contribution in [0.3, 0.4) is 0 Å². The summed E-state index contributed by atoms with van der Waals surface area (Å²) in [6.07, 6.45) is 3.01. The van der Waals surface area contributed by atoms with Gasteiger partial charge in [0.2, 0.25) is 5.91 Å². The Labute approximate surface area is 134 Å². The number of pyridine rings is 1. The van der Waals surface area contributed by atoms with Gasteiger partial charge in [0, 0.05) is 31.0 Å². The number of rotatable bonds is 4. The fourth-order valence-corrected chi connectivity index (χ4v) is 3.29. The van der Waals surface area contributed by atoms with Crippen LogP contribution >= 0.6 is 11.8 Å². The van der Waals surface area contributed by atoms with Gasteiger partial charge < -0.3 is 15.0 Å². The van der Waals surface area contributed by atoms with E-state index in [1.165, 1.54) is 0 Å². The van der Waals surface area contributed by atoms with Gasteiger partial charge in [-0.05, 0) is 26.8 Å². The molecule has 7 heteroatoms. The van der Waals surface area contributed by atoms with Crippen LogP contribution in [0.15, 0.2) is 24.5 Å². The fraction of sp³-hybridized carbons (Fsp3) is 0.533. The van der Waals surface area contributed by atoms with Crippen molar-refractivity contribution in [1.82, 2.24) is 15.2 Å². The molecule has 2 heterocycles. The molecule has 0 saturated carbocycles. The zero-order chi connectivity index (χ0) is 16.2. The second-order valence-electron chi connectivity index (χ2n) is 5.97. The molecule has 1 unspecified atom stereocenters. The van der Waals surface area contributed by atoms with Gasteiger partial charge >= 0.3 is 6.09 Å². The molecule has 6 nitrogen and oxygen atoms in total. The molecule has 22 heavy (non-hydrogen) atoms. The molecular weight excluding hydrogens is 302 g/mol. The summed E-state index contributed by atoms with van der Waals surface area (Å²) in [7, 11) is 0. The van der Waals surface area contributed by atoms with Crippen LogP contribution in [-0.4, -0.2) is 46.3 Å². The number of hydrogen-bond donors (Lipinski definition) is 1. The molecule has 1 aliphatic rings. The Balaban J connectivity index is 1.88. The van der Waals surface area contributed by atoms with Crippen LogP contribution in [0.2, 0.25) is 0 Å². The van der Waals surface area contributed by atoms with Crippen molar-refractivity contribution in [3.8, 4) is 0 Å². The van der Waals surface area contributed by atoms with E-state index in [0.29, 0.717) is 18.8 Å². The molecule has 120 valence electrons. The van der Waals surface area contributed by atoms with E-state index in [-0.39, 0.29) is 11.3 Å². The third-order valence-corrected chi connectivity index (χ3v) is 4.21. The lowest BCUT2D eigenvalue weighted by Gasteiger charge is -2.25. The van der Waals surface area contributed by atoms with Crippen molar-refractivity contribution in [2.75, 3.05) is 18.8 Å². The number of alkyl carbamates (subject to hydrolysis) is 1. The topological polar surface area (TPSA) is 71.5 Å². The Morgan fingerprint density at radius 2 is 2.32 bits per heavy atom. The van der Waals surface area contributed by atoms with Crippen LogP contribution < -0.4 is 5.32 Å². The Hall–Kier alpha value is -1.76. The highest BCUT2D eigenvalue weighted by Crippen LogP contribution is 2.37. The second-order valence-corrected chi connectivity index (χ2v) is 7.03. The van der Waals surface area contributed by atoms with E-state index in [1.807, 2.05) is 32.9 Å². The third-order valence-electron chi connectivity index (χ3n) is 2.96. The summed E-state index contributed by atoms with van der Waals surface area (Å²) in [5.74, 6) is 0.524. The molecule has 1 atom stereocenters. The van der Waals surface area contributed by atoms with Crippen molar-refractivity contribution in [3.63, 3.8) is 0 Å². The number of hydrogen-bond acceptors (Lipinski definition) is 5. The Bertz CT molecular complexity index is 531. The number of thioether (sulfide) groups is 1. The number of carbonyl (C=O) groups is 2. The summed E-state index contributed by atoms with van der Waals surface area (Å²) in [5, 5.41) is 2.64. The quantitative estimate of drug-likeness (QED) is 0.919. The van der Waals surface area contributed by atoms with E-state index in [2.05, 4.69) is 10.3 Å². The first-order valence-corrected chi connectivity index (χ1v) is 8.19. The van der Waals surface area contributed by atoms with E-state index >= 15 is 0 Å². The molecule has 2 rings (SSSR count). The van der Waals surface area contributed by atoms with E-state index in [9.17, 15) is 9.59 Å². The minimum Gasteiger partial charge on any atom is -0.444 e. The maximum Gasteiger partial charge on any atom is 0.407 e. The van der Waals surface area contributed by atoms with Crippen molar-refractivity contribution in [1.29, 1.82) is 0 Å². The standard InChI is InChI=1S/C15H21N3O3S/c1-15(2,3)21-14(20)17-7-8-18-12(19)10-22-13(18)11-5-4-6-16-9-11/h4-6,9,13H,7-8,10H2,1-3H3,(H,17,20). The molecule has 1 saturated heterocycles. The monoisotopic (exact) mass is 323 g/mol. The number of aromatic nitrogens is 1. The summed E-state index contributed by atoms with van der Waals surface area (Å²) >= 11 is 1.57. The number of amides is 2. The number of nitrogens with zero attached hydrogens (tertiary/aromatic N) is 2. The van der Waals surface area contributed by atoms with Crippen molar-refractivity contribution in [2.24, 2.45) is 0 Å². The van der Waals surface area contributed by atoms with Crippen molar-refractivity contribution in [2.45, 2.75) is 31.7 Å². The molecule has 0 radical (unpaired) electrons. The van der Waals surface area contributed by atoms with Gasteiger partial charge in [-0.2, -0.15) is 0 Å². The molecule has 0 spiro atoms. The molecule has 0 aliphatic carbocycles. The van der Waals surface area contributed by atoms with Gasteiger partial charge in [-0.15, -0.1) is 11.8 Å². The highest BCUT2D eigenvalue weighted by atomic mass is 32.2. The van der Waals surface area contributed by atoms with E-state index in [4.69, 9.17) is 4.74 Å². The van der Waals surface area contributed by atoms with Crippen LogP contribution in [0.5, 0.6) is 0 Å². The molecule has 2 amide bonds. The molecule has 1 N–H and O–H groups in total. The first-order valence-electron chi connectivity index (χ1n) is 7.15.